The Morgan fingerprint density at radius 3 is 2.14 bits per heavy atom. The van der Waals surface area contributed by atoms with Gasteiger partial charge >= 0.3 is 34.8 Å². The van der Waals surface area contributed by atoms with Crippen molar-refractivity contribution in [1.29, 1.82) is 0 Å². The third-order valence-electron chi connectivity index (χ3n) is 1.67. The molecule has 0 aromatic heterocycles. The number of hydrogen-bond donors (Lipinski definition) is 1. The Kier molecular flexibility index (Phi) is 11.4. The summed E-state index contributed by atoms with van der Waals surface area (Å²) in [6.07, 6.45) is 1.81. The van der Waals surface area contributed by atoms with E-state index in [0.29, 0.717) is 13.0 Å². The van der Waals surface area contributed by atoms with Gasteiger partial charge in [-0.2, -0.15) is 8.78 Å². The van der Waals surface area contributed by atoms with Crippen molar-refractivity contribution in [2.24, 2.45) is 5.73 Å². The monoisotopic (exact) mass is 237 g/mol. The molecular weight excluding hydrogens is 223 g/mol. The third-order valence-corrected chi connectivity index (χ3v) is 2.36. The molecule has 0 saturated carbocycles. The minimum atomic E-state index is -3.57. The molecule has 3 nitrogen and oxygen atoms in total. The molecule has 0 aliphatic rings. The van der Waals surface area contributed by atoms with Crippen LogP contribution in [-0.4, -0.2) is 20.6 Å². The van der Waals surface area contributed by atoms with E-state index in [1.165, 1.54) is 0 Å². The van der Waals surface area contributed by atoms with Gasteiger partial charge in [0.25, 0.3) is 0 Å². The van der Waals surface area contributed by atoms with Crippen molar-refractivity contribution in [2.45, 2.75) is 37.4 Å². The summed E-state index contributed by atoms with van der Waals surface area (Å²) in [5, 5.41) is -3.57. The van der Waals surface area contributed by atoms with Crippen LogP contribution in [-0.2, 0) is 11.1 Å². The summed E-state index contributed by atoms with van der Waals surface area (Å²) in [5.74, 6) is 0. The molecule has 0 fully saturated rings. The Morgan fingerprint density at radius 2 is 1.71 bits per heavy atom. The second kappa shape index (κ2) is 9.18. The zero-order valence-corrected chi connectivity index (χ0v) is 11.1. The molecule has 1 atom stereocenters. The largest absolute Gasteiger partial charge is 1.00 e. The second-order valence-corrected chi connectivity index (χ2v) is 3.89. The fraction of sp³-hybridized carbons (Fsp3) is 1.00. The molecule has 0 amide bonds. The topological polar surface area (TPSA) is 66.2 Å². The number of unbranched alkanes of at least 4 members (excludes halogenated alkanes) is 3. The zero-order chi connectivity index (χ0) is 10.3. The normalized spacial score (nSPS) is 13.4. The Labute approximate surface area is 107 Å². The zero-order valence-electron chi connectivity index (χ0n) is 8.30. The molecule has 0 aliphatic heterocycles. The summed E-state index contributed by atoms with van der Waals surface area (Å²) in [7, 11) is 0. The van der Waals surface area contributed by atoms with Crippen LogP contribution in [0, 0.1) is 0 Å². The maximum atomic E-state index is 12.4. The van der Waals surface area contributed by atoms with E-state index in [4.69, 9.17) is 5.73 Å². The van der Waals surface area contributed by atoms with Crippen molar-refractivity contribution in [3.8, 4) is 0 Å². The van der Waals surface area contributed by atoms with Gasteiger partial charge in [0, 0.05) is 17.5 Å². The number of alkyl halides is 2. The van der Waals surface area contributed by atoms with Gasteiger partial charge in [0.15, 0.2) is 0 Å². The standard InChI is InChI=1S/C7H15F2NO2S.Na/c8-7(9,13(11)12)5-3-1-2-4-6-10;/h1-6,10H2,(H,11,12);/q;+1/p-1. The molecule has 80 valence electrons. The van der Waals surface area contributed by atoms with Crippen LogP contribution < -0.4 is 35.3 Å². The van der Waals surface area contributed by atoms with Gasteiger partial charge in [-0.15, -0.1) is 0 Å². The summed E-state index contributed by atoms with van der Waals surface area (Å²) in [6, 6.07) is 0. The van der Waals surface area contributed by atoms with E-state index in [9.17, 15) is 17.5 Å². The molecule has 0 bridgehead atoms. The Balaban J connectivity index is 0. The summed E-state index contributed by atoms with van der Waals surface area (Å²) in [6.45, 7) is 0.546. The number of hydrogen-bond acceptors (Lipinski definition) is 3. The summed E-state index contributed by atoms with van der Waals surface area (Å²) >= 11 is -3.29. The average molecular weight is 237 g/mol. The summed E-state index contributed by atoms with van der Waals surface area (Å²) < 4.78 is 44.8. The molecule has 0 heterocycles. The predicted molar refractivity (Wildman–Crippen MR) is 46.0 cm³/mol. The first-order chi connectivity index (χ1) is 6.00. The van der Waals surface area contributed by atoms with Crippen LogP contribution in [0.2, 0.25) is 0 Å². The third kappa shape index (κ3) is 8.26. The molecule has 7 heteroatoms. The van der Waals surface area contributed by atoms with Crippen LogP contribution in [0.25, 0.3) is 0 Å². The smallest absolute Gasteiger partial charge is 0.768 e. The fourth-order valence-corrected chi connectivity index (χ4v) is 1.22. The molecule has 0 aromatic rings. The number of rotatable bonds is 7. The molecule has 2 N–H and O–H groups in total. The van der Waals surface area contributed by atoms with Crippen molar-refractivity contribution in [2.75, 3.05) is 6.54 Å². The van der Waals surface area contributed by atoms with Crippen molar-refractivity contribution >= 4 is 11.1 Å². The van der Waals surface area contributed by atoms with Crippen molar-refractivity contribution in [3.05, 3.63) is 0 Å². The molecule has 0 aliphatic carbocycles. The first kappa shape index (κ1) is 17.3. The number of nitrogens with two attached hydrogens (primary N) is 1. The van der Waals surface area contributed by atoms with Crippen molar-refractivity contribution in [1.82, 2.24) is 0 Å². The van der Waals surface area contributed by atoms with Crippen molar-refractivity contribution < 1.29 is 47.1 Å². The Hall–Kier alpha value is 0.930. The van der Waals surface area contributed by atoms with E-state index in [2.05, 4.69) is 0 Å². The minimum absolute atomic E-state index is 0. The van der Waals surface area contributed by atoms with E-state index in [1.54, 1.807) is 0 Å². The first-order valence-corrected chi connectivity index (χ1v) is 5.25. The molecule has 0 aromatic carbocycles. The van der Waals surface area contributed by atoms with E-state index < -0.39 is 22.8 Å². The van der Waals surface area contributed by atoms with Crippen LogP contribution in [0.4, 0.5) is 8.78 Å². The first-order valence-electron chi connectivity index (χ1n) is 4.18. The average Bonchev–Trinajstić information content (AvgIpc) is 2.03. The van der Waals surface area contributed by atoms with Crippen LogP contribution >= 0.6 is 0 Å². The van der Waals surface area contributed by atoms with Gasteiger partial charge in [-0.3, -0.25) is 4.21 Å². The fourth-order valence-electron chi connectivity index (χ4n) is 0.912. The second-order valence-electron chi connectivity index (χ2n) is 2.82. The Bertz CT molecular complexity index is 172. The number of halogens is 2. The maximum absolute atomic E-state index is 12.4. The van der Waals surface area contributed by atoms with Crippen LogP contribution in [0.3, 0.4) is 0 Å². The van der Waals surface area contributed by atoms with Gasteiger partial charge in [0.05, 0.1) is 0 Å². The molecule has 0 saturated heterocycles. The van der Waals surface area contributed by atoms with E-state index in [0.717, 1.165) is 12.8 Å². The summed E-state index contributed by atoms with van der Waals surface area (Å²) in [5.41, 5.74) is 5.20. The van der Waals surface area contributed by atoms with Gasteiger partial charge in [-0.05, 0) is 19.4 Å². The molecular formula is C7H14F2NNaO2S. The summed E-state index contributed by atoms with van der Waals surface area (Å²) in [4.78, 5) is 0. The van der Waals surface area contributed by atoms with E-state index in [-0.39, 0.29) is 36.0 Å². The molecule has 0 spiro atoms. The van der Waals surface area contributed by atoms with Gasteiger partial charge in [0.2, 0.25) is 0 Å². The van der Waals surface area contributed by atoms with Gasteiger partial charge < -0.3 is 10.3 Å². The molecule has 0 rings (SSSR count). The molecule has 14 heavy (non-hydrogen) atoms. The van der Waals surface area contributed by atoms with E-state index >= 15 is 0 Å². The quantitative estimate of drug-likeness (QED) is 0.328. The molecule has 0 radical (unpaired) electrons. The van der Waals surface area contributed by atoms with Crippen LogP contribution in [0.5, 0.6) is 0 Å². The minimum Gasteiger partial charge on any atom is -0.768 e. The predicted octanol–water partition coefficient (Wildman–Crippen LogP) is -1.63. The SMILES string of the molecule is NCCCCCCC(F)(F)S(=O)[O-].[Na+]. The Morgan fingerprint density at radius 1 is 1.21 bits per heavy atom. The van der Waals surface area contributed by atoms with Gasteiger partial charge in [-0.25, -0.2) is 0 Å². The molecule has 1 unspecified atom stereocenters. The van der Waals surface area contributed by atoms with Crippen molar-refractivity contribution in [3.63, 3.8) is 0 Å². The van der Waals surface area contributed by atoms with Gasteiger partial charge in [0.1, 0.15) is 0 Å². The van der Waals surface area contributed by atoms with Crippen LogP contribution in [0.15, 0.2) is 0 Å². The van der Waals surface area contributed by atoms with E-state index in [1.807, 2.05) is 0 Å². The van der Waals surface area contributed by atoms with Gasteiger partial charge in [-0.1, -0.05) is 12.8 Å². The maximum Gasteiger partial charge on any atom is 1.00 e. The van der Waals surface area contributed by atoms with Crippen LogP contribution in [0.1, 0.15) is 32.1 Å².